The topological polar surface area (TPSA) is 108 Å². The molecule has 1 aromatic rings. The summed E-state index contributed by atoms with van der Waals surface area (Å²) in [5.74, 6) is -1.05. The first-order valence-electron chi connectivity index (χ1n) is 12.5. The van der Waals surface area contributed by atoms with Gasteiger partial charge in [0, 0.05) is 12.6 Å². The number of aliphatic hydroxyl groups is 1. The zero-order valence-corrected chi connectivity index (χ0v) is 22.9. The third-order valence-corrected chi connectivity index (χ3v) is 5.71. The lowest BCUT2D eigenvalue weighted by atomic mass is 9.92. The summed E-state index contributed by atoms with van der Waals surface area (Å²) in [6.45, 7) is 16.3. The summed E-state index contributed by atoms with van der Waals surface area (Å²) in [6.07, 6.45) is 0.996. The van der Waals surface area contributed by atoms with Gasteiger partial charge in [-0.2, -0.15) is 0 Å². The molecule has 0 fully saturated rings. The zero-order valence-electron chi connectivity index (χ0n) is 22.9. The van der Waals surface area contributed by atoms with Crippen LogP contribution in [-0.2, 0) is 14.3 Å². The van der Waals surface area contributed by atoms with Crippen LogP contribution in [0.5, 0.6) is 0 Å². The quantitative estimate of drug-likeness (QED) is 0.433. The van der Waals surface area contributed by atoms with E-state index in [0.717, 1.165) is 29.5 Å². The predicted molar refractivity (Wildman–Crippen MR) is 138 cm³/mol. The number of rotatable bonds is 11. The summed E-state index contributed by atoms with van der Waals surface area (Å²) < 4.78 is 5.37. The van der Waals surface area contributed by atoms with E-state index in [9.17, 15) is 19.5 Å². The van der Waals surface area contributed by atoms with E-state index in [2.05, 4.69) is 10.6 Å². The lowest BCUT2D eigenvalue weighted by Crippen LogP contribution is -2.56. The smallest absolute Gasteiger partial charge is 0.408 e. The third-order valence-electron chi connectivity index (χ3n) is 5.71. The molecule has 8 nitrogen and oxygen atoms in total. The minimum Gasteiger partial charge on any atom is -0.444 e. The number of carbonyl (C=O) groups is 3. The van der Waals surface area contributed by atoms with Crippen LogP contribution in [0.1, 0.15) is 84.0 Å². The average Bonchev–Trinajstić information content (AvgIpc) is 2.71. The molecule has 8 heteroatoms. The number of amides is 3. The molecule has 35 heavy (non-hydrogen) atoms. The Morgan fingerprint density at radius 1 is 1.06 bits per heavy atom. The molecule has 0 radical (unpaired) electrons. The van der Waals surface area contributed by atoms with Crippen LogP contribution in [-0.4, -0.2) is 58.8 Å². The molecule has 0 saturated carbocycles. The van der Waals surface area contributed by atoms with Gasteiger partial charge in [0.2, 0.25) is 11.8 Å². The Kier molecular flexibility index (Phi) is 11.7. The van der Waals surface area contributed by atoms with Gasteiger partial charge in [-0.05, 0) is 70.6 Å². The van der Waals surface area contributed by atoms with Crippen LogP contribution in [0, 0.1) is 19.8 Å². The summed E-state index contributed by atoms with van der Waals surface area (Å²) in [7, 11) is 0. The molecule has 0 aliphatic carbocycles. The van der Waals surface area contributed by atoms with E-state index in [1.165, 1.54) is 4.90 Å². The number of hydrogen-bond acceptors (Lipinski definition) is 5. The van der Waals surface area contributed by atoms with Crippen molar-refractivity contribution in [1.82, 2.24) is 15.5 Å². The Bertz CT molecular complexity index is 843. The molecule has 0 aliphatic heterocycles. The molecule has 3 unspecified atom stereocenters. The normalized spacial score (nSPS) is 14.1. The van der Waals surface area contributed by atoms with E-state index in [4.69, 9.17) is 4.74 Å². The molecule has 0 spiro atoms. The zero-order chi connectivity index (χ0) is 26.9. The summed E-state index contributed by atoms with van der Waals surface area (Å²) in [5.41, 5.74) is 1.72. The van der Waals surface area contributed by atoms with Gasteiger partial charge in [-0.15, -0.1) is 0 Å². The summed E-state index contributed by atoms with van der Waals surface area (Å²) in [5, 5.41) is 15.6. The third kappa shape index (κ3) is 9.17. The second kappa shape index (κ2) is 13.5. The Labute approximate surface area is 210 Å². The second-order valence-electron chi connectivity index (χ2n) is 10.5. The van der Waals surface area contributed by atoms with Crippen molar-refractivity contribution in [3.05, 3.63) is 34.9 Å². The number of alkyl carbamates (subject to hydrolysis) is 1. The summed E-state index contributed by atoms with van der Waals surface area (Å²) >= 11 is 0. The maximum atomic E-state index is 13.9. The second-order valence-corrected chi connectivity index (χ2v) is 10.5. The number of nitrogens with zero attached hydrogens (tertiary/aromatic N) is 1. The minimum atomic E-state index is -0.961. The summed E-state index contributed by atoms with van der Waals surface area (Å²) in [6, 6.07) is 3.73. The van der Waals surface area contributed by atoms with Gasteiger partial charge < -0.3 is 25.4 Å². The van der Waals surface area contributed by atoms with Crippen molar-refractivity contribution in [1.29, 1.82) is 0 Å². The van der Waals surface area contributed by atoms with Crippen LogP contribution < -0.4 is 10.6 Å². The average molecular weight is 492 g/mol. The largest absolute Gasteiger partial charge is 0.444 e. The fourth-order valence-electron chi connectivity index (χ4n) is 4.12. The maximum absolute atomic E-state index is 13.9. The van der Waals surface area contributed by atoms with Gasteiger partial charge >= 0.3 is 6.09 Å². The highest BCUT2D eigenvalue weighted by molar-refractivity contribution is 5.92. The van der Waals surface area contributed by atoms with E-state index < -0.39 is 29.7 Å². The molecule has 3 N–H and O–H groups in total. The van der Waals surface area contributed by atoms with Gasteiger partial charge in [-0.25, -0.2) is 4.79 Å². The number of ether oxygens (including phenoxy) is 1. The molecule has 3 atom stereocenters. The molecular weight excluding hydrogens is 446 g/mol. The molecule has 1 aromatic carbocycles. The van der Waals surface area contributed by atoms with Crippen molar-refractivity contribution in [3.8, 4) is 0 Å². The van der Waals surface area contributed by atoms with Gasteiger partial charge in [0.05, 0.1) is 6.61 Å². The first-order valence-corrected chi connectivity index (χ1v) is 12.5. The molecular formula is C27H45N3O5. The van der Waals surface area contributed by atoms with Crippen LogP contribution >= 0.6 is 0 Å². The minimum absolute atomic E-state index is 0.0634. The highest BCUT2D eigenvalue weighted by atomic mass is 16.6. The van der Waals surface area contributed by atoms with Gasteiger partial charge in [-0.1, -0.05) is 45.4 Å². The molecule has 0 aromatic heterocycles. The number of benzene rings is 1. The SMILES string of the molecule is CCCC(C)NC(=O)C(c1c(C)cccc1C)N(CCO)C(=O)C(NC(=O)OC(C)(C)C)C(C)C. The van der Waals surface area contributed by atoms with Crippen molar-refractivity contribution >= 4 is 17.9 Å². The molecule has 1 rings (SSSR count). The van der Waals surface area contributed by atoms with E-state index >= 15 is 0 Å². The molecule has 0 heterocycles. The van der Waals surface area contributed by atoms with Crippen LogP contribution in [0.2, 0.25) is 0 Å². The van der Waals surface area contributed by atoms with Crippen molar-refractivity contribution in [2.75, 3.05) is 13.2 Å². The molecule has 0 aliphatic rings. The molecule has 0 bridgehead atoms. The van der Waals surface area contributed by atoms with Gasteiger partial charge in [0.25, 0.3) is 0 Å². The van der Waals surface area contributed by atoms with Crippen molar-refractivity contribution in [2.24, 2.45) is 5.92 Å². The molecule has 198 valence electrons. The highest BCUT2D eigenvalue weighted by Gasteiger charge is 2.38. The maximum Gasteiger partial charge on any atom is 0.408 e. The van der Waals surface area contributed by atoms with Crippen LogP contribution in [0.4, 0.5) is 4.79 Å². The fraction of sp³-hybridized carbons (Fsp3) is 0.667. The number of aryl methyl sites for hydroxylation is 2. The highest BCUT2D eigenvalue weighted by Crippen LogP contribution is 2.29. The van der Waals surface area contributed by atoms with E-state index in [-0.39, 0.29) is 31.0 Å². The van der Waals surface area contributed by atoms with Crippen molar-refractivity contribution < 1.29 is 24.2 Å². The van der Waals surface area contributed by atoms with Crippen LogP contribution in [0.15, 0.2) is 18.2 Å². The Balaban J connectivity index is 3.51. The molecule has 3 amide bonds. The number of carbonyl (C=O) groups excluding carboxylic acids is 3. The molecule has 0 saturated heterocycles. The van der Waals surface area contributed by atoms with Crippen LogP contribution in [0.25, 0.3) is 0 Å². The first kappa shape index (κ1) is 30.4. The van der Waals surface area contributed by atoms with Gasteiger partial charge in [-0.3, -0.25) is 9.59 Å². The van der Waals surface area contributed by atoms with Crippen LogP contribution in [0.3, 0.4) is 0 Å². The Hall–Kier alpha value is -2.61. The fourth-order valence-corrected chi connectivity index (χ4v) is 4.12. The predicted octanol–water partition coefficient (Wildman–Crippen LogP) is 4.02. The standard InChI is InChI=1S/C27H45N3O5/c1-10-12-20(6)28-24(32)23(21-18(4)13-11-14-19(21)5)30(15-16-31)25(33)22(17(2)3)29-26(34)35-27(7,8)9/h11,13-14,17,20,22-23,31H,10,12,15-16H2,1-9H3,(H,28,32)(H,29,34). The summed E-state index contributed by atoms with van der Waals surface area (Å²) in [4.78, 5) is 41.5. The van der Waals surface area contributed by atoms with Crippen molar-refractivity contribution in [3.63, 3.8) is 0 Å². The van der Waals surface area contributed by atoms with E-state index in [1.807, 2.05) is 59.7 Å². The Morgan fingerprint density at radius 2 is 1.63 bits per heavy atom. The monoisotopic (exact) mass is 491 g/mol. The lowest BCUT2D eigenvalue weighted by molar-refractivity contribution is -0.144. The number of nitrogens with one attached hydrogen (secondary N) is 2. The number of aliphatic hydroxyl groups excluding tert-OH is 1. The Morgan fingerprint density at radius 3 is 2.09 bits per heavy atom. The van der Waals surface area contributed by atoms with E-state index in [1.54, 1.807) is 20.8 Å². The van der Waals surface area contributed by atoms with Gasteiger partial charge in [0.15, 0.2) is 0 Å². The van der Waals surface area contributed by atoms with E-state index in [0.29, 0.717) is 0 Å². The lowest BCUT2D eigenvalue weighted by Gasteiger charge is -2.36. The first-order chi connectivity index (χ1) is 16.2. The number of hydrogen-bond donors (Lipinski definition) is 3. The van der Waals surface area contributed by atoms with Gasteiger partial charge in [0.1, 0.15) is 17.7 Å². The van der Waals surface area contributed by atoms with Crippen molar-refractivity contribution in [2.45, 2.75) is 98.9 Å².